The lowest BCUT2D eigenvalue weighted by Gasteiger charge is -1.79. The van der Waals surface area contributed by atoms with Crippen molar-refractivity contribution in [3.63, 3.8) is 0 Å². The molecular formula is C14H20O2S2. The summed E-state index contributed by atoms with van der Waals surface area (Å²) in [7, 11) is 0. The average Bonchev–Trinajstić information content (AvgIpc) is 2.93. The molecule has 2 nitrogen and oxygen atoms in total. The first-order valence-electron chi connectivity index (χ1n) is 4.69. The van der Waals surface area contributed by atoms with E-state index in [0.717, 1.165) is 10.4 Å². The van der Waals surface area contributed by atoms with Crippen molar-refractivity contribution >= 4 is 34.2 Å². The van der Waals surface area contributed by atoms with Gasteiger partial charge >= 0.3 is 0 Å². The Morgan fingerprint density at radius 1 is 1.00 bits per heavy atom. The summed E-state index contributed by atoms with van der Waals surface area (Å²) < 4.78 is 0. The zero-order valence-electron chi connectivity index (χ0n) is 9.10. The highest BCUT2D eigenvalue weighted by molar-refractivity contribution is 7.12. The van der Waals surface area contributed by atoms with Crippen LogP contribution in [0.4, 0.5) is 0 Å². The van der Waals surface area contributed by atoms with Crippen LogP contribution >= 0.6 is 22.7 Å². The molecule has 0 aromatic carbocycles. The van der Waals surface area contributed by atoms with Crippen LogP contribution < -0.4 is 0 Å². The number of carbonyl (C=O) groups excluding carboxylic acids is 2. The van der Waals surface area contributed by atoms with Crippen LogP contribution in [0, 0.1) is 0 Å². The first kappa shape index (κ1) is 19.1. The summed E-state index contributed by atoms with van der Waals surface area (Å²) in [6, 6.07) is 5.53. The summed E-state index contributed by atoms with van der Waals surface area (Å²) in [5.74, 6) is 0.297. The van der Waals surface area contributed by atoms with E-state index in [1.807, 2.05) is 34.3 Å². The Kier molecular flexibility index (Phi) is 10.3. The molecule has 0 bridgehead atoms. The summed E-state index contributed by atoms with van der Waals surface area (Å²) in [5, 5.41) is 5.65. The van der Waals surface area contributed by atoms with Crippen molar-refractivity contribution in [3.8, 4) is 0 Å². The summed E-state index contributed by atoms with van der Waals surface area (Å²) in [4.78, 5) is 21.9. The Labute approximate surface area is 117 Å². The molecule has 0 aliphatic carbocycles. The first-order valence-corrected chi connectivity index (χ1v) is 6.51. The maximum Gasteiger partial charge on any atom is 0.169 e. The van der Waals surface area contributed by atoms with Crippen molar-refractivity contribution in [3.05, 3.63) is 44.8 Å². The van der Waals surface area contributed by atoms with E-state index in [1.54, 1.807) is 25.2 Å². The van der Waals surface area contributed by atoms with E-state index in [9.17, 15) is 9.59 Å². The average molecular weight is 284 g/mol. The van der Waals surface area contributed by atoms with Crippen LogP contribution in [0.5, 0.6) is 0 Å². The van der Waals surface area contributed by atoms with E-state index in [2.05, 4.69) is 0 Å². The van der Waals surface area contributed by atoms with Gasteiger partial charge in [-0.1, -0.05) is 20.9 Å². The molecule has 0 atom stereocenters. The monoisotopic (exact) mass is 284 g/mol. The van der Waals surface area contributed by atoms with Crippen LogP contribution in [-0.4, -0.2) is 11.6 Å². The second-order valence-corrected chi connectivity index (χ2v) is 4.83. The van der Waals surface area contributed by atoms with Crippen molar-refractivity contribution in [1.82, 2.24) is 0 Å². The fourth-order valence-electron chi connectivity index (χ4n) is 0.944. The van der Waals surface area contributed by atoms with Crippen molar-refractivity contribution in [2.45, 2.75) is 28.7 Å². The molecule has 0 radical (unpaired) electrons. The SMILES string of the molecule is C.C.CC(=O)c1cccs1.CC(=O)c1ccsc1. The molecule has 0 fully saturated rings. The minimum Gasteiger partial charge on any atom is -0.294 e. The van der Waals surface area contributed by atoms with E-state index >= 15 is 0 Å². The van der Waals surface area contributed by atoms with Gasteiger partial charge in [0.2, 0.25) is 0 Å². The zero-order chi connectivity index (χ0) is 12.0. The van der Waals surface area contributed by atoms with Gasteiger partial charge in [-0.05, 0) is 36.7 Å². The lowest BCUT2D eigenvalue weighted by Crippen LogP contribution is -1.85. The number of carbonyl (C=O) groups is 2. The molecule has 0 aliphatic heterocycles. The van der Waals surface area contributed by atoms with Crippen molar-refractivity contribution < 1.29 is 9.59 Å². The molecule has 0 N–H and O–H groups in total. The minimum absolute atomic E-state index is 0. The number of hydrogen-bond donors (Lipinski definition) is 0. The molecule has 2 rings (SSSR count). The standard InChI is InChI=1S/2C6H6OS.2CH4/c1-5(7)6-2-3-8-4-6;1-5(7)6-3-2-4-8-6;;/h2*2-4H,1H3;2*1H4. The number of ketones is 2. The van der Waals surface area contributed by atoms with E-state index in [-0.39, 0.29) is 26.4 Å². The molecule has 4 heteroatoms. The van der Waals surface area contributed by atoms with Crippen molar-refractivity contribution in [2.24, 2.45) is 0 Å². The third-order valence-corrected chi connectivity index (χ3v) is 3.45. The molecular weight excluding hydrogens is 264 g/mol. The van der Waals surface area contributed by atoms with Gasteiger partial charge in [0.25, 0.3) is 0 Å². The minimum atomic E-state index is 0. The topological polar surface area (TPSA) is 34.1 Å². The fourth-order valence-corrected chi connectivity index (χ4v) is 2.27. The third-order valence-electron chi connectivity index (χ3n) is 1.80. The van der Waals surface area contributed by atoms with Crippen molar-refractivity contribution in [2.75, 3.05) is 0 Å². The highest BCUT2D eigenvalue weighted by Gasteiger charge is 1.95. The third kappa shape index (κ3) is 6.47. The highest BCUT2D eigenvalue weighted by Crippen LogP contribution is 2.07. The predicted molar refractivity (Wildman–Crippen MR) is 82.1 cm³/mol. The fraction of sp³-hybridized carbons (Fsp3) is 0.286. The predicted octanol–water partition coefficient (Wildman–Crippen LogP) is 5.17. The smallest absolute Gasteiger partial charge is 0.169 e. The van der Waals surface area contributed by atoms with Gasteiger partial charge in [-0.15, -0.1) is 11.3 Å². The van der Waals surface area contributed by atoms with Crippen LogP contribution in [0.3, 0.4) is 0 Å². The summed E-state index contributed by atoms with van der Waals surface area (Å²) >= 11 is 3.03. The van der Waals surface area contributed by atoms with Gasteiger partial charge in [-0.2, -0.15) is 11.3 Å². The number of hydrogen-bond acceptors (Lipinski definition) is 4. The number of thiophene rings is 2. The van der Waals surface area contributed by atoms with E-state index < -0.39 is 0 Å². The van der Waals surface area contributed by atoms with E-state index in [4.69, 9.17) is 0 Å². The largest absolute Gasteiger partial charge is 0.294 e. The first-order chi connectivity index (χ1) is 7.61. The Bertz CT molecular complexity index is 398. The molecule has 0 amide bonds. The number of Topliss-reactive ketones (excluding diaryl/α,β-unsaturated/α-hetero) is 2. The molecule has 0 saturated heterocycles. The van der Waals surface area contributed by atoms with E-state index in [0.29, 0.717) is 0 Å². The second kappa shape index (κ2) is 9.74. The highest BCUT2D eigenvalue weighted by atomic mass is 32.1. The molecule has 100 valence electrons. The molecule has 2 aromatic heterocycles. The summed E-state index contributed by atoms with van der Waals surface area (Å²) in [6.45, 7) is 3.15. The summed E-state index contributed by atoms with van der Waals surface area (Å²) in [6.07, 6.45) is 0. The second-order valence-electron chi connectivity index (χ2n) is 3.10. The van der Waals surface area contributed by atoms with Gasteiger partial charge in [0.1, 0.15) is 0 Å². The van der Waals surface area contributed by atoms with Crippen LogP contribution in [0.2, 0.25) is 0 Å². The van der Waals surface area contributed by atoms with Gasteiger partial charge < -0.3 is 0 Å². The maximum absolute atomic E-state index is 10.5. The van der Waals surface area contributed by atoms with Crippen LogP contribution in [0.25, 0.3) is 0 Å². The van der Waals surface area contributed by atoms with Gasteiger partial charge in [0.05, 0.1) is 4.88 Å². The summed E-state index contributed by atoms with van der Waals surface area (Å²) in [5.41, 5.74) is 0.815. The molecule has 0 unspecified atom stereocenters. The Balaban J connectivity index is 0. The van der Waals surface area contributed by atoms with Gasteiger partial charge in [-0.3, -0.25) is 9.59 Å². The normalized spacial score (nSPS) is 8.11. The Hall–Kier alpha value is -1.26. The Morgan fingerprint density at radius 3 is 1.89 bits per heavy atom. The van der Waals surface area contributed by atoms with Gasteiger partial charge in [-0.25, -0.2) is 0 Å². The number of rotatable bonds is 2. The quantitative estimate of drug-likeness (QED) is 0.713. The van der Waals surface area contributed by atoms with E-state index in [1.165, 1.54) is 11.3 Å². The molecule has 2 aromatic rings. The Morgan fingerprint density at radius 2 is 1.67 bits per heavy atom. The lowest BCUT2D eigenvalue weighted by atomic mass is 10.2. The molecule has 2 heterocycles. The van der Waals surface area contributed by atoms with Gasteiger partial charge in [0, 0.05) is 10.9 Å². The zero-order valence-corrected chi connectivity index (χ0v) is 10.7. The van der Waals surface area contributed by atoms with Gasteiger partial charge in [0.15, 0.2) is 11.6 Å². The van der Waals surface area contributed by atoms with Crippen molar-refractivity contribution in [1.29, 1.82) is 0 Å². The van der Waals surface area contributed by atoms with Crippen LogP contribution in [0.1, 0.15) is 48.7 Å². The maximum atomic E-state index is 10.5. The lowest BCUT2D eigenvalue weighted by molar-refractivity contribution is 0.101. The molecule has 0 saturated carbocycles. The van der Waals surface area contributed by atoms with Crippen LogP contribution in [0.15, 0.2) is 34.3 Å². The molecule has 0 aliphatic rings. The molecule has 18 heavy (non-hydrogen) atoms. The van der Waals surface area contributed by atoms with Crippen LogP contribution in [-0.2, 0) is 0 Å². The molecule has 0 spiro atoms.